The number of carbonyl (C=O) groups is 1. The maximum absolute atomic E-state index is 12.2. The number of aryl methyl sites for hydroxylation is 1. The molecule has 1 amide bonds. The molecule has 18 heavy (non-hydrogen) atoms. The molecule has 4 heteroatoms. The van der Waals surface area contributed by atoms with Crippen molar-refractivity contribution in [2.75, 3.05) is 5.32 Å². The van der Waals surface area contributed by atoms with Crippen LogP contribution in [0.5, 0.6) is 0 Å². The first kappa shape index (κ1) is 12.9. The molecule has 4 nitrogen and oxygen atoms in total. The van der Waals surface area contributed by atoms with E-state index in [2.05, 4.69) is 44.2 Å². The average Bonchev–Trinajstić information content (AvgIpc) is 2.56. The molecule has 0 unspecified atom stereocenters. The number of allylic oxidation sites excluding steroid dienone is 2. The van der Waals surface area contributed by atoms with Crippen molar-refractivity contribution < 1.29 is 4.79 Å². The van der Waals surface area contributed by atoms with Crippen LogP contribution >= 0.6 is 0 Å². The average molecular weight is 247 g/mol. The smallest absolute Gasteiger partial charge is 0.229 e. The molecule has 98 valence electrons. The van der Waals surface area contributed by atoms with Gasteiger partial charge in [0.15, 0.2) is 5.82 Å². The number of amides is 1. The zero-order chi connectivity index (χ0) is 13.5. The van der Waals surface area contributed by atoms with Gasteiger partial charge in [-0.05, 0) is 25.2 Å². The van der Waals surface area contributed by atoms with Crippen molar-refractivity contribution in [2.45, 2.75) is 27.7 Å². The van der Waals surface area contributed by atoms with E-state index in [4.69, 9.17) is 0 Å². The van der Waals surface area contributed by atoms with Gasteiger partial charge in [0.1, 0.15) is 0 Å². The molecule has 2 rings (SSSR count). The van der Waals surface area contributed by atoms with Gasteiger partial charge >= 0.3 is 0 Å². The Hall–Kier alpha value is -1.58. The third-order valence-electron chi connectivity index (χ3n) is 3.67. The molecular formula is C14H21N3O. The predicted molar refractivity (Wildman–Crippen MR) is 72.0 cm³/mol. The summed E-state index contributed by atoms with van der Waals surface area (Å²) < 4.78 is 1.68. The molecule has 1 fully saturated rings. The van der Waals surface area contributed by atoms with E-state index in [0.717, 1.165) is 0 Å². The highest BCUT2D eigenvalue weighted by Gasteiger charge is 2.60. The van der Waals surface area contributed by atoms with E-state index < -0.39 is 0 Å². The lowest BCUT2D eigenvalue weighted by Gasteiger charge is -2.02. The molecule has 0 aliphatic heterocycles. The van der Waals surface area contributed by atoms with Crippen molar-refractivity contribution in [3.8, 4) is 0 Å². The number of carbonyl (C=O) groups excluding carboxylic acids is 1. The minimum atomic E-state index is 0.0504. The zero-order valence-electron chi connectivity index (χ0n) is 11.7. The molecule has 1 aliphatic carbocycles. The Bertz CT molecular complexity index is 495. The lowest BCUT2D eigenvalue weighted by atomic mass is 10.1. The van der Waals surface area contributed by atoms with Crippen molar-refractivity contribution >= 4 is 11.7 Å². The van der Waals surface area contributed by atoms with Gasteiger partial charge in [0.25, 0.3) is 0 Å². The van der Waals surface area contributed by atoms with Crippen LogP contribution in [0.3, 0.4) is 0 Å². The van der Waals surface area contributed by atoms with Crippen molar-refractivity contribution in [1.82, 2.24) is 9.78 Å². The summed E-state index contributed by atoms with van der Waals surface area (Å²) in [6, 6.07) is 1.81. The van der Waals surface area contributed by atoms with Crippen LogP contribution in [-0.4, -0.2) is 15.7 Å². The van der Waals surface area contributed by atoms with Crippen LogP contribution in [-0.2, 0) is 11.8 Å². The van der Waals surface area contributed by atoms with E-state index in [-0.39, 0.29) is 17.2 Å². The maximum atomic E-state index is 12.2. The lowest BCUT2D eigenvalue weighted by Crippen LogP contribution is -2.17. The summed E-state index contributed by atoms with van der Waals surface area (Å²) in [5.74, 6) is 1.09. The fourth-order valence-corrected chi connectivity index (χ4v) is 2.53. The first-order valence-corrected chi connectivity index (χ1v) is 6.28. The molecule has 0 bridgehead atoms. The van der Waals surface area contributed by atoms with Crippen LogP contribution in [0.15, 0.2) is 23.9 Å². The second kappa shape index (κ2) is 4.26. The molecule has 0 aromatic carbocycles. The Kier molecular flexibility index (Phi) is 3.05. The number of anilines is 1. The summed E-state index contributed by atoms with van der Waals surface area (Å²) in [4.78, 5) is 12.2. The van der Waals surface area contributed by atoms with Crippen LogP contribution in [0.25, 0.3) is 0 Å². The van der Waals surface area contributed by atoms with Gasteiger partial charge in [-0.25, -0.2) is 0 Å². The highest BCUT2D eigenvalue weighted by Crippen LogP contribution is 2.59. The molecular weight excluding hydrogens is 226 g/mol. The fraction of sp³-hybridized carbons (Fsp3) is 0.571. The molecule has 2 atom stereocenters. The van der Waals surface area contributed by atoms with E-state index in [9.17, 15) is 4.79 Å². The molecule has 1 saturated carbocycles. The van der Waals surface area contributed by atoms with Crippen molar-refractivity contribution in [2.24, 2.45) is 24.3 Å². The topological polar surface area (TPSA) is 46.9 Å². The monoisotopic (exact) mass is 247 g/mol. The van der Waals surface area contributed by atoms with Crippen molar-refractivity contribution in [3.05, 3.63) is 23.9 Å². The van der Waals surface area contributed by atoms with Gasteiger partial charge in [0.2, 0.25) is 5.91 Å². The molecule has 1 aromatic heterocycles. The lowest BCUT2D eigenvalue weighted by molar-refractivity contribution is -0.118. The van der Waals surface area contributed by atoms with Crippen LogP contribution in [0.1, 0.15) is 27.7 Å². The van der Waals surface area contributed by atoms with Gasteiger partial charge in [-0.2, -0.15) is 5.10 Å². The van der Waals surface area contributed by atoms with E-state index in [1.54, 1.807) is 4.68 Å². The zero-order valence-corrected chi connectivity index (χ0v) is 11.7. The number of rotatable bonds is 3. The molecule has 1 aromatic rings. The second-order valence-electron chi connectivity index (χ2n) is 5.93. The molecule has 0 spiro atoms. The SMILES string of the molecule is CC(C)=C[C@@H]1[C@@H](C(=O)Nc2ccn(C)n2)C1(C)C. The van der Waals surface area contributed by atoms with Gasteiger partial charge in [-0.15, -0.1) is 0 Å². The highest BCUT2D eigenvalue weighted by atomic mass is 16.2. The first-order valence-electron chi connectivity index (χ1n) is 6.28. The quantitative estimate of drug-likeness (QED) is 0.834. The number of hydrogen-bond acceptors (Lipinski definition) is 2. The van der Waals surface area contributed by atoms with Crippen molar-refractivity contribution in [1.29, 1.82) is 0 Å². The number of aromatic nitrogens is 2. The van der Waals surface area contributed by atoms with Gasteiger partial charge in [0, 0.05) is 19.3 Å². The van der Waals surface area contributed by atoms with Gasteiger partial charge in [-0.1, -0.05) is 25.5 Å². The standard InChI is InChI=1S/C14H21N3O/c1-9(2)8-10-12(14(10,3)4)13(18)15-11-6-7-17(5)16-11/h6-8,10,12H,1-5H3,(H,15,16,18)/t10-,12+/m1/s1. The van der Waals surface area contributed by atoms with E-state index in [1.165, 1.54) is 5.57 Å². The summed E-state index contributed by atoms with van der Waals surface area (Å²) in [6.45, 7) is 8.42. The van der Waals surface area contributed by atoms with E-state index >= 15 is 0 Å². The van der Waals surface area contributed by atoms with Crippen LogP contribution in [0, 0.1) is 17.3 Å². The molecule has 0 radical (unpaired) electrons. The fourth-order valence-electron chi connectivity index (χ4n) is 2.53. The van der Waals surface area contributed by atoms with Crippen LogP contribution in [0.2, 0.25) is 0 Å². The van der Waals surface area contributed by atoms with Crippen LogP contribution in [0.4, 0.5) is 5.82 Å². The predicted octanol–water partition coefficient (Wildman–Crippen LogP) is 2.60. The van der Waals surface area contributed by atoms with Gasteiger partial charge < -0.3 is 5.32 Å². The Labute approximate surface area is 108 Å². The second-order valence-corrected chi connectivity index (χ2v) is 5.93. The maximum Gasteiger partial charge on any atom is 0.229 e. The minimum absolute atomic E-state index is 0.0504. The third-order valence-corrected chi connectivity index (χ3v) is 3.67. The largest absolute Gasteiger partial charge is 0.309 e. The summed E-state index contributed by atoms with van der Waals surface area (Å²) in [5, 5.41) is 7.05. The Balaban J connectivity index is 2.05. The minimum Gasteiger partial charge on any atom is -0.309 e. The molecule has 1 N–H and O–H groups in total. The first-order chi connectivity index (χ1) is 8.32. The molecule has 0 saturated heterocycles. The van der Waals surface area contributed by atoms with Crippen LogP contribution < -0.4 is 5.32 Å². The summed E-state index contributed by atoms with van der Waals surface area (Å²) in [5.41, 5.74) is 1.32. The molecule has 1 heterocycles. The highest BCUT2D eigenvalue weighted by molar-refractivity contribution is 5.95. The Morgan fingerprint density at radius 3 is 2.67 bits per heavy atom. The van der Waals surface area contributed by atoms with E-state index in [1.807, 2.05) is 19.3 Å². The third kappa shape index (κ3) is 2.33. The summed E-state index contributed by atoms with van der Waals surface area (Å²) >= 11 is 0. The normalized spacial score (nSPS) is 24.5. The number of hydrogen-bond donors (Lipinski definition) is 1. The Morgan fingerprint density at radius 2 is 2.17 bits per heavy atom. The summed E-state index contributed by atoms with van der Waals surface area (Å²) in [6.07, 6.45) is 4.02. The summed E-state index contributed by atoms with van der Waals surface area (Å²) in [7, 11) is 1.84. The number of nitrogens with one attached hydrogen (secondary N) is 1. The molecule has 1 aliphatic rings. The van der Waals surface area contributed by atoms with E-state index in [0.29, 0.717) is 11.7 Å². The Morgan fingerprint density at radius 1 is 1.50 bits per heavy atom. The van der Waals surface area contributed by atoms with Crippen molar-refractivity contribution in [3.63, 3.8) is 0 Å². The number of nitrogens with zero attached hydrogens (tertiary/aromatic N) is 2. The van der Waals surface area contributed by atoms with Gasteiger partial charge in [-0.3, -0.25) is 9.48 Å². The van der Waals surface area contributed by atoms with Gasteiger partial charge in [0.05, 0.1) is 5.92 Å².